The molecule has 0 amide bonds. The van der Waals surface area contributed by atoms with Crippen LogP contribution in [0.3, 0.4) is 0 Å². The normalized spacial score (nSPS) is 11.0. The molecule has 0 atom stereocenters. The van der Waals surface area contributed by atoms with Crippen molar-refractivity contribution in [3.8, 4) is 0 Å². The van der Waals surface area contributed by atoms with E-state index in [4.69, 9.17) is 4.74 Å². The third kappa shape index (κ3) is 3.96. The van der Waals surface area contributed by atoms with Gasteiger partial charge in [0.1, 0.15) is 5.82 Å². The second-order valence-electron chi connectivity index (χ2n) is 4.58. The molecule has 0 unspecified atom stereocenters. The van der Waals surface area contributed by atoms with Gasteiger partial charge < -0.3 is 15.0 Å². The van der Waals surface area contributed by atoms with Gasteiger partial charge in [0.15, 0.2) is 0 Å². The van der Waals surface area contributed by atoms with Crippen molar-refractivity contribution in [3.63, 3.8) is 0 Å². The first-order chi connectivity index (χ1) is 8.60. The van der Waals surface area contributed by atoms with Crippen molar-refractivity contribution in [2.24, 2.45) is 0 Å². The van der Waals surface area contributed by atoms with Gasteiger partial charge in [0.2, 0.25) is 0 Å². The second-order valence-corrected chi connectivity index (χ2v) is 4.58. The zero-order chi connectivity index (χ0) is 13.5. The molecule has 18 heavy (non-hydrogen) atoms. The SMILES string of the molecule is CNCc1cc(F)ccc1N(CCOC)C(C)C. The van der Waals surface area contributed by atoms with E-state index < -0.39 is 0 Å². The fourth-order valence-electron chi connectivity index (χ4n) is 2.01. The monoisotopic (exact) mass is 254 g/mol. The molecule has 0 saturated heterocycles. The van der Waals surface area contributed by atoms with Crippen LogP contribution < -0.4 is 10.2 Å². The summed E-state index contributed by atoms with van der Waals surface area (Å²) in [5.41, 5.74) is 2.04. The summed E-state index contributed by atoms with van der Waals surface area (Å²) in [5.74, 6) is -0.195. The van der Waals surface area contributed by atoms with Crippen molar-refractivity contribution in [1.82, 2.24) is 5.32 Å². The Labute approximate surface area is 109 Å². The van der Waals surface area contributed by atoms with Crippen molar-refractivity contribution < 1.29 is 9.13 Å². The van der Waals surface area contributed by atoms with Gasteiger partial charge in [0.25, 0.3) is 0 Å². The maximum atomic E-state index is 13.3. The molecule has 0 radical (unpaired) electrons. The van der Waals surface area contributed by atoms with Crippen LogP contribution in [0.1, 0.15) is 19.4 Å². The Morgan fingerprint density at radius 1 is 1.39 bits per heavy atom. The Hall–Kier alpha value is -1.13. The molecule has 0 aliphatic carbocycles. The molecule has 0 fully saturated rings. The zero-order valence-electron chi connectivity index (χ0n) is 11.7. The Morgan fingerprint density at radius 2 is 2.11 bits per heavy atom. The average molecular weight is 254 g/mol. The molecule has 102 valence electrons. The van der Waals surface area contributed by atoms with E-state index in [-0.39, 0.29) is 5.82 Å². The number of benzene rings is 1. The number of hydrogen-bond donors (Lipinski definition) is 1. The second kappa shape index (κ2) is 7.34. The molecular weight excluding hydrogens is 231 g/mol. The van der Waals surface area contributed by atoms with Gasteiger partial charge in [-0.2, -0.15) is 0 Å². The highest BCUT2D eigenvalue weighted by Gasteiger charge is 2.14. The van der Waals surface area contributed by atoms with Crippen molar-refractivity contribution >= 4 is 5.69 Å². The van der Waals surface area contributed by atoms with Crippen LogP contribution in [0.5, 0.6) is 0 Å². The van der Waals surface area contributed by atoms with Crippen LogP contribution in [0.15, 0.2) is 18.2 Å². The number of halogens is 1. The summed E-state index contributed by atoms with van der Waals surface area (Å²) in [6.07, 6.45) is 0. The molecule has 4 heteroatoms. The van der Waals surface area contributed by atoms with E-state index in [1.54, 1.807) is 13.2 Å². The third-order valence-corrected chi connectivity index (χ3v) is 2.88. The lowest BCUT2D eigenvalue weighted by molar-refractivity contribution is 0.204. The van der Waals surface area contributed by atoms with Crippen LogP contribution in [0.2, 0.25) is 0 Å². The highest BCUT2D eigenvalue weighted by molar-refractivity contribution is 5.54. The third-order valence-electron chi connectivity index (χ3n) is 2.88. The summed E-state index contributed by atoms with van der Waals surface area (Å²) in [7, 11) is 3.56. The van der Waals surface area contributed by atoms with Crippen molar-refractivity contribution in [1.29, 1.82) is 0 Å². The van der Waals surface area contributed by atoms with Crippen molar-refractivity contribution in [3.05, 3.63) is 29.6 Å². The van der Waals surface area contributed by atoms with E-state index in [1.807, 2.05) is 13.1 Å². The van der Waals surface area contributed by atoms with Gasteiger partial charge in [-0.25, -0.2) is 4.39 Å². The fourth-order valence-corrected chi connectivity index (χ4v) is 2.01. The van der Waals surface area contributed by atoms with Gasteiger partial charge in [0, 0.05) is 31.9 Å². The van der Waals surface area contributed by atoms with Crippen LogP contribution in [0.25, 0.3) is 0 Å². The van der Waals surface area contributed by atoms with Gasteiger partial charge >= 0.3 is 0 Å². The van der Waals surface area contributed by atoms with Gasteiger partial charge in [-0.05, 0) is 44.7 Å². The molecule has 0 bridgehead atoms. The molecule has 0 aliphatic rings. The first-order valence-corrected chi connectivity index (χ1v) is 6.28. The van der Waals surface area contributed by atoms with E-state index in [1.165, 1.54) is 6.07 Å². The summed E-state index contributed by atoms with van der Waals surface area (Å²) in [5, 5.41) is 3.08. The minimum absolute atomic E-state index is 0.195. The molecule has 3 nitrogen and oxygen atoms in total. The fraction of sp³-hybridized carbons (Fsp3) is 0.571. The topological polar surface area (TPSA) is 24.5 Å². The van der Waals surface area contributed by atoms with Gasteiger partial charge in [0.05, 0.1) is 6.61 Å². The van der Waals surface area contributed by atoms with Gasteiger partial charge in [-0.3, -0.25) is 0 Å². The molecule has 1 N–H and O–H groups in total. The lowest BCUT2D eigenvalue weighted by Crippen LogP contribution is -2.35. The van der Waals surface area contributed by atoms with E-state index in [9.17, 15) is 4.39 Å². The van der Waals surface area contributed by atoms with Crippen LogP contribution in [0, 0.1) is 5.82 Å². The quantitative estimate of drug-likeness (QED) is 0.808. The molecule has 0 aliphatic heterocycles. The molecule has 0 heterocycles. The minimum Gasteiger partial charge on any atom is -0.383 e. The number of methoxy groups -OCH3 is 1. The van der Waals surface area contributed by atoms with Crippen molar-refractivity contribution in [2.45, 2.75) is 26.4 Å². The molecular formula is C14H23FN2O. The number of nitrogens with one attached hydrogen (secondary N) is 1. The lowest BCUT2D eigenvalue weighted by Gasteiger charge is -2.30. The first-order valence-electron chi connectivity index (χ1n) is 6.28. The molecule has 1 aromatic rings. The summed E-state index contributed by atoms with van der Waals surface area (Å²) in [6, 6.07) is 5.30. The molecule has 1 aromatic carbocycles. The number of nitrogens with zero attached hydrogens (tertiary/aromatic N) is 1. The molecule has 0 saturated carbocycles. The number of rotatable bonds is 7. The highest BCUT2D eigenvalue weighted by Crippen LogP contribution is 2.23. The van der Waals surface area contributed by atoms with E-state index in [2.05, 4.69) is 24.1 Å². The largest absolute Gasteiger partial charge is 0.383 e. The maximum Gasteiger partial charge on any atom is 0.123 e. The predicted molar refractivity (Wildman–Crippen MR) is 73.5 cm³/mol. The highest BCUT2D eigenvalue weighted by atomic mass is 19.1. The summed E-state index contributed by atoms with van der Waals surface area (Å²) < 4.78 is 18.5. The molecule has 0 spiro atoms. The minimum atomic E-state index is -0.195. The Morgan fingerprint density at radius 3 is 2.67 bits per heavy atom. The Kier molecular flexibility index (Phi) is 6.09. The number of anilines is 1. The smallest absolute Gasteiger partial charge is 0.123 e. The Balaban J connectivity index is 3.01. The molecule has 1 rings (SSSR count). The first kappa shape index (κ1) is 14.9. The van der Waals surface area contributed by atoms with Crippen LogP contribution in [-0.4, -0.2) is 33.4 Å². The van der Waals surface area contributed by atoms with Crippen molar-refractivity contribution in [2.75, 3.05) is 32.2 Å². The number of hydrogen-bond acceptors (Lipinski definition) is 3. The summed E-state index contributed by atoms with van der Waals surface area (Å²) >= 11 is 0. The number of ether oxygens (including phenoxy) is 1. The standard InChI is InChI=1S/C14H23FN2O/c1-11(2)17(7-8-18-4)14-6-5-13(15)9-12(14)10-16-3/h5-6,9,11,16H,7-8,10H2,1-4H3. The predicted octanol–water partition coefficient (Wildman–Crippen LogP) is 2.41. The summed E-state index contributed by atoms with van der Waals surface area (Å²) in [4.78, 5) is 2.23. The van der Waals surface area contributed by atoms with E-state index in [0.29, 0.717) is 19.2 Å². The van der Waals surface area contributed by atoms with Crippen LogP contribution in [0.4, 0.5) is 10.1 Å². The van der Waals surface area contributed by atoms with Gasteiger partial charge in [-0.15, -0.1) is 0 Å². The lowest BCUT2D eigenvalue weighted by atomic mass is 10.1. The van der Waals surface area contributed by atoms with E-state index >= 15 is 0 Å². The van der Waals surface area contributed by atoms with Gasteiger partial charge in [-0.1, -0.05) is 0 Å². The average Bonchev–Trinajstić information content (AvgIpc) is 2.32. The van der Waals surface area contributed by atoms with E-state index in [0.717, 1.165) is 17.8 Å². The maximum absolute atomic E-state index is 13.3. The molecule has 0 aromatic heterocycles. The zero-order valence-corrected chi connectivity index (χ0v) is 11.7. The van der Waals surface area contributed by atoms with Crippen LogP contribution in [-0.2, 0) is 11.3 Å². The summed E-state index contributed by atoms with van der Waals surface area (Å²) in [6.45, 7) is 6.37. The Bertz CT molecular complexity index is 369. The van der Waals surface area contributed by atoms with Crippen LogP contribution >= 0.6 is 0 Å².